The van der Waals surface area contributed by atoms with E-state index < -0.39 is 23.9 Å². The number of amides is 2. The molecule has 1 atom stereocenters. The number of Topliss-reactive ketones (excluding diaryl/α,β-unsaturated/α-hetero) is 1. The van der Waals surface area contributed by atoms with Crippen LogP contribution in [0.1, 0.15) is 65.9 Å². The fraction of sp³-hybridized carbons (Fsp3) is 0.333. The molecule has 0 spiro atoms. The zero-order valence-corrected chi connectivity index (χ0v) is 18.1. The molecule has 3 rings (SSSR count). The van der Waals surface area contributed by atoms with Gasteiger partial charge in [0.25, 0.3) is 11.8 Å². The number of ketones is 1. The van der Waals surface area contributed by atoms with E-state index in [0.29, 0.717) is 18.6 Å². The first-order valence-corrected chi connectivity index (χ1v) is 10.1. The standard InChI is InChI=1S/C24H25NO6/c1-14-6-7-17(12-15(14)2)21(26)16(3)31-24(29)18-8-9-19-20(13-18)23(28)25(22(19)27)10-5-11-30-4/h6-9,12-13,16H,5,10-11H2,1-4H3. The van der Waals surface area contributed by atoms with Crippen LogP contribution in [0.3, 0.4) is 0 Å². The summed E-state index contributed by atoms with van der Waals surface area (Å²) < 4.78 is 10.3. The van der Waals surface area contributed by atoms with Crippen LogP contribution in [0.15, 0.2) is 36.4 Å². The van der Waals surface area contributed by atoms with E-state index in [-0.39, 0.29) is 29.0 Å². The predicted molar refractivity (Wildman–Crippen MR) is 113 cm³/mol. The second-order valence-corrected chi connectivity index (χ2v) is 7.58. The van der Waals surface area contributed by atoms with E-state index in [1.165, 1.54) is 25.1 Å². The molecule has 1 aliphatic heterocycles. The van der Waals surface area contributed by atoms with Crippen LogP contribution in [0.5, 0.6) is 0 Å². The zero-order chi connectivity index (χ0) is 22.7. The highest BCUT2D eigenvalue weighted by Gasteiger charge is 2.36. The van der Waals surface area contributed by atoms with Crippen molar-refractivity contribution in [2.45, 2.75) is 33.3 Å². The van der Waals surface area contributed by atoms with Gasteiger partial charge in [-0.25, -0.2) is 4.79 Å². The normalized spacial score (nSPS) is 13.9. The van der Waals surface area contributed by atoms with Crippen LogP contribution in [-0.2, 0) is 9.47 Å². The van der Waals surface area contributed by atoms with Crippen molar-refractivity contribution >= 4 is 23.6 Å². The third kappa shape index (κ3) is 4.56. The summed E-state index contributed by atoms with van der Waals surface area (Å²) in [5.74, 6) is -1.89. The maximum atomic E-state index is 12.6. The van der Waals surface area contributed by atoms with Gasteiger partial charge in [-0.2, -0.15) is 0 Å². The number of carbonyl (C=O) groups excluding carboxylic acids is 4. The molecule has 2 aromatic rings. The Kier molecular flexibility index (Phi) is 6.65. The molecule has 2 aromatic carbocycles. The van der Waals surface area contributed by atoms with Gasteiger partial charge >= 0.3 is 5.97 Å². The summed E-state index contributed by atoms with van der Waals surface area (Å²) in [6.07, 6.45) is -0.472. The van der Waals surface area contributed by atoms with Crippen LogP contribution in [0.25, 0.3) is 0 Å². The van der Waals surface area contributed by atoms with Crippen molar-refractivity contribution in [1.82, 2.24) is 4.90 Å². The summed E-state index contributed by atoms with van der Waals surface area (Å²) in [5, 5.41) is 0. The summed E-state index contributed by atoms with van der Waals surface area (Å²) in [5.41, 5.74) is 3.02. The molecule has 0 aliphatic carbocycles. The van der Waals surface area contributed by atoms with Gasteiger partial charge in [0, 0.05) is 25.8 Å². The van der Waals surface area contributed by atoms with Gasteiger partial charge in [0.2, 0.25) is 5.78 Å². The molecule has 31 heavy (non-hydrogen) atoms. The van der Waals surface area contributed by atoms with Gasteiger partial charge in [-0.3, -0.25) is 19.3 Å². The Labute approximate surface area is 180 Å². The van der Waals surface area contributed by atoms with Gasteiger partial charge in [-0.1, -0.05) is 12.1 Å². The average Bonchev–Trinajstić information content (AvgIpc) is 2.99. The Morgan fingerprint density at radius 3 is 2.29 bits per heavy atom. The Balaban J connectivity index is 1.72. The lowest BCUT2D eigenvalue weighted by Gasteiger charge is -2.13. The quantitative estimate of drug-likeness (QED) is 0.280. The number of esters is 1. The minimum atomic E-state index is -0.995. The summed E-state index contributed by atoms with van der Waals surface area (Å²) in [6, 6.07) is 9.53. The van der Waals surface area contributed by atoms with E-state index in [1.807, 2.05) is 19.9 Å². The Hall–Kier alpha value is -3.32. The third-order valence-corrected chi connectivity index (χ3v) is 5.38. The number of carbonyl (C=O) groups is 4. The molecule has 0 radical (unpaired) electrons. The molecule has 0 bridgehead atoms. The number of aryl methyl sites for hydroxylation is 2. The van der Waals surface area contributed by atoms with Gasteiger partial charge in [-0.15, -0.1) is 0 Å². The van der Waals surface area contributed by atoms with Gasteiger partial charge in [0.15, 0.2) is 6.10 Å². The first-order chi connectivity index (χ1) is 14.7. The van der Waals surface area contributed by atoms with Crippen LogP contribution >= 0.6 is 0 Å². The lowest BCUT2D eigenvalue weighted by molar-refractivity contribution is 0.0318. The smallest absolute Gasteiger partial charge is 0.338 e. The van der Waals surface area contributed by atoms with Gasteiger partial charge in [0.05, 0.1) is 16.7 Å². The Morgan fingerprint density at radius 2 is 1.61 bits per heavy atom. The lowest BCUT2D eigenvalue weighted by Crippen LogP contribution is -2.31. The number of benzene rings is 2. The lowest BCUT2D eigenvalue weighted by atomic mass is 10.0. The van der Waals surface area contributed by atoms with E-state index >= 15 is 0 Å². The second kappa shape index (κ2) is 9.22. The molecule has 162 valence electrons. The SMILES string of the molecule is COCCCN1C(=O)c2ccc(C(=O)OC(C)C(=O)c3ccc(C)c(C)c3)cc2C1=O. The van der Waals surface area contributed by atoms with Gasteiger partial charge in [0.1, 0.15) is 0 Å². The molecule has 0 aromatic heterocycles. The third-order valence-electron chi connectivity index (χ3n) is 5.38. The van der Waals surface area contributed by atoms with Crippen molar-refractivity contribution in [3.05, 3.63) is 69.8 Å². The second-order valence-electron chi connectivity index (χ2n) is 7.58. The summed E-state index contributed by atoms with van der Waals surface area (Å²) in [4.78, 5) is 51.4. The van der Waals surface area contributed by atoms with E-state index in [9.17, 15) is 19.2 Å². The average molecular weight is 423 g/mol. The van der Waals surface area contributed by atoms with Gasteiger partial charge < -0.3 is 9.47 Å². The highest BCUT2D eigenvalue weighted by Crippen LogP contribution is 2.25. The molecule has 0 saturated heterocycles. The number of methoxy groups -OCH3 is 1. The molecule has 7 heteroatoms. The molecule has 1 unspecified atom stereocenters. The largest absolute Gasteiger partial charge is 0.451 e. The van der Waals surface area contributed by atoms with E-state index in [1.54, 1.807) is 19.2 Å². The van der Waals surface area contributed by atoms with Crippen molar-refractivity contribution in [2.75, 3.05) is 20.3 Å². The maximum Gasteiger partial charge on any atom is 0.338 e. The summed E-state index contributed by atoms with van der Waals surface area (Å²) in [7, 11) is 1.55. The molecule has 0 saturated carbocycles. The molecule has 0 N–H and O–H groups in total. The Morgan fingerprint density at radius 1 is 0.935 bits per heavy atom. The maximum absolute atomic E-state index is 12.6. The fourth-order valence-electron chi connectivity index (χ4n) is 3.40. The Bertz CT molecular complexity index is 1060. The van der Waals surface area contributed by atoms with Crippen molar-refractivity contribution in [3.63, 3.8) is 0 Å². The monoisotopic (exact) mass is 423 g/mol. The van der Waals surface area contributed by atoms with Crippen LogP contribution < -0.4 is 0 Å². The number of nitrogens with zero attached hydrogens (tertiary/aromatic N) is 1. The van der Waals surface area contributed by atoms with Crippen molar-refractivity contribution < 1.29 is 28.7 Å². The van der Waals surface area contributed by atoms with E-state index in [4.69, 9.17) is 9.47 Å². The first kappa shape index (κ1) is 22.4. The number of rotatable bonds is 8. The first-order valence-electron chi connectivity index (χ1n) is 10.1. The van der Waals surface area contributed by atoms with Crippen LogP contribution in [0, 0.1) is 13.8 Å². The van der Waals surface area contributed by atoms with Gasteiger partial charge in [-0.05, 0) is 62.6 Å². The molecule has 2 amide bonds. The highest BCUT2D eigenvalue weighted by molar-refractivity contribution is 6.22. The molecule has 0 fully saturated rings. The summed E-state index contributed by atoms with van der Waals surface area (Å²) >= 11 is 0. The van der Waals surface area contributed by atoms with Crippen molar-refractivity contribution in [2.24, 2.45) is 0 Å². The molecular weight excluding hydrogens is 398 g/mol. The van der Waals surface area contributed by atoms with Crippen molar-refractivity contribution in [3.8, 4) is 0 Å². The van der Waals surface area contributed by atoms with Crippen molar-refractivity contribution in [1.29, 1.82) is 0 Å². The van der Waals surface area contributed by atoms with Crippen LogP contribution in [-0.4, -0.2) is 54.8 Å². The van der Waals surface area contributed by atoms with Crippen LogP contribution in [0.2, 0.25) is 0 Å². The van der Waals surface area contributed by atoms with Crippen LogP contribution in [0.4, 0.5) is 0 Å². The molecule has 1 aliphatic rings. The molecular formula is C24H25NO6. The fourth-order valence-corrected chi connectivity index (χ4v) is 3.40. The molecule has 1 heterocycles. The van der Waals surface area contributed by atoms with E-state index in [0.717, 1.165) is 16.0 Å². The minimum absolute atomic E-state index is 0.110. The topological polar surface area (TPSA) is 90.0 Å². The number of hydrogen-bond acceptors (Lipinski definition) is 6. The summed E-state index contributed by atoms with van der Waals surface area (Å²) in [6.45, 7) is 6.03. The number of hydrogen-bond donors (Lipinski definition) is 0. The number of imide groups is 1. The molecule has 7 nitrogen and oxygen atoms in total. The highest BCUT2D eigenvalue weighted by atomic mass is 16.5. The number of fused-ring (bicyclic) bond motifs is 1. The minimum Gasteiger partial charge on any atom is -0.451 e. The number of ether oxygens (including phenoxy) is 2. The zero-order valence-electron chi connectivity index (χ0n) is 18.1. The predicted octanol–water partition coefficient (Wildman–Crippen LogP) is 3.36. The van der Waals surface area contributed by atoms with E-state index in [2.05, 4.69) is 0 Å².